The average molecular weight is 400 g/mol. The number of carbonyl (C=O) groups is 2. The number of amides is 2. The van der Waals surface area contributed by atoms with Gasteiger partial charge in [-0.3, -0.25) is 9.59 Å². The van der Waals surface area contributed by atoms with E-state index in [2.05, 4.69) is 15.6 Å². The van der Waals surface area contributed by atoms with Crippen molar-refractivity contribution in [1.29, 1.82) is 0 Å². The van der Waals surface area contributed by atoms with Gasteiger partial charge in [-0.2, -0.15) is 0 Å². The van der Waals surface area contributed by atoms with Crippen molar-refractivity contribution in [1.82, 2.24) is 4.98 Å². The number of nitrogens with zero attached hydrogens (tertiary/aromatic N) is 1. The number of thioether (sulfide) groups is 1. The van der Waals surface area contributed by atoms with E-state index in [9.17, 15) is 9.59 Å². The van der Waals surface area contributed by atoms with E-state index in [0.717, 1.165) is 31.5 Å². The Labute approximate surface area is 166 Å². The molecule has 0 atom stereocenters. The Morgan fingerprint density at radius 1 is 1.00 bits per heavy atom. The summed E-state index contributed by atoms with van der Waals surface area (Å²) in [5.41, 5.74) is 4.79. The molecule has 0 radical (unpaired) electrons. The van der Waals surface area contributed by atoms with E-state index in [0.29, 0.717) is 12.2 Å². The molecule has 5 nitrogen and oxygen atoms in total. The fraction of sp³-hybridized carbons (Fsp3) is 0.250. The Hall–Kier alpha value is -2.38. The van der Waals surface area contributed by atoms with Crippen molar-refractivity contribution in [2.75, 3.05) is 16.4 Å². The van der Waals surface area contributed by atoms with Gasteiger partial charge in [0.15, 0.2) is 4.34 Å². The lowest BCUT2D eigenvalue weighted by Gasteiger charge is -2.06. The third-order valence-corrected chi connectivity index (χ3v) is 6.25. The highest BCUT2D eigenvalue weighted by Crippen LogP contribution is 2.31. The van der Waals surface area contributed by atoms with E-state index < -0.39 is 0 Å². The predicted octanol–water partition coefficient (Wildman–Crippen LogP) is 4.99. The van der Waals surface area contributed by atoms with Crippen LogP contribution in [0.25, 0.3) is 10.2 Å². The first-order valence-electron chi connectivity index (χ1n) is 8.65. The summed E-state index contributed by atoms with van der Waals surface area (Å²) in [7, 11) is 0. The van der Waals surface area contributed by atoms with Gasteiger partial charge in [-0.15, -0.1) is 11.3 Å². The zero-order chi connectivity index (χ0) is 19.4. The van der Waals surface area contributed by atoms with Crippen molar-refractivity contribution >= 4 is 56.5 Å². The summed E-state index contributed by atoms with van der Waals surface area (Å²) in [4.78, 5) is 28.3. The Morgan fingerprint density at radius 2 is 1.70 bits per heavy atom. The van der Waals surface area contributed by atoms with Crippen LogP contribution < -0.4 is 10.6 Å². The summed E-state index contributed by atoms with van der Waals surface area (Å²) in [5, 5.41) is 5.77. The minimum atomic E-state index is -0.0570. The molecule has 3 aromatic rings. The van der Waals surface area contributed by atoms with Crippen LogP contribution in [0.3, 0.4) is 0 Å². The Morgan fingerprint density at radius 3 is 2.44 bits per heavy atom. The molecule has 2 amide bonds. The van der Waals surface area contributed by atoms with Crippen LogP contribution in [-0.2, 0) is 9.59 Å². The molecular weight excluding hydrogens is 378 g/mol. The maximum Gasteiger partial charge on any atom is 0.234 e. The molecule has 27 heavy (non-hydrogen) atoms. The minimum Gasteiger partial charge on any atom is -0.326 e. The quantitative estimate of drug-likeness (QED) is 0.573. The smallest absolute Gasteiger partial charge is 0.234 e. The number of fused-ring (bicyclic) bond motifs is 1. The third kappa shape index (κ3) is 5.08. The molecule has 2 N–H and O–H groups in total. The second-order valence-corrected chi connectivity index (χ2v) is 8.45. The molecule has 3 rings (SSSR count). The summed E-state index contributed by atoms with van der Waals surface area (Å²) in [5.74, 6) is 0.224. The summed E-state index contributed by atoms with van der Waals surface area (Å²) in [6, 6.07) is 11.5. The highest BCUT2D eigenvalue weighted by Gasteiger charge is 2.10. The highest BCUT2D eigenvalue weighted by molar-refractivity contribution is 8.01. The van der Waals surface area contributed by atoms with E-state index in [4.69, 9.17) is 0 Å². The van der Waals surface area contributed by atoms with E-state index in [1.807, 2.05) is 57.2 Å². The van der Waals surface area contributed by atoms with Crippen LogP contribution in [0.2, 0.25) is 0 Å². The molecule has 7 heteroatoms. The summed E-state index contributed by atoms with van der Waals surface area (Å²) in [6.45, 7) is 5.89. The van der Waals surface area contributed by atoms with Crippen LogP contribution in [0.5, 0.6) is 0 Å². The summed E-state index contributed by atoms with van der Waals surface area (Å²) >= 11 is 2.93. The lowest BCUT2D eigenvalue weighted by molar-refractivity contribution is -0.116. The highest BCUT2D eigenvalue weighted by atomic mass is 32.2. The number of hydrogen-bond acceptors (Lipinski definition) is 5. The number of anilines is 2. The number of thiazole rings is 1. The number of rotatable bonds is 6. The van der Waals surface area contributed by atoms with Gasteiger partial charge in [0.25, 0.3) is 0 Å². The zero-order valence-electron chi connectivity index (χ0n) is 15.5. The van der Waals surface area contributed by atoms with Gasteiger partial charge in [0.1, 0.15) is 0 Å². The van der Waals surface area contributed by atoms with Crippen molar-refractivity contribution < 1.29 is 9.59 Å². The topological polar surface area (TPSA) is 71.1 Å². The molecule has 0 saturated carbocycles. The standard InChI is InChI=1S/C20H21N3O2S2/c1-4-18(24)21-15-7-8-16-17(10-15)27-20(23-16)26-11-19(25)22-14-6-5-12(2)13(3)9-14/h5-10H,4,11H2,1-3H3,(H,21,24)(H,22,25). The number of aryl methyl sites for hydroxylation is 2. The number of nitrogens with one attached hydrogen (secondary N) is 2. The third-order valence-electron chi connectivity index (χ3n) is 4.09. The van der Waals surface area contributed by atoms with Gasteiger partial charge >= 0.3 is 0 Å². The van der Waals surface area contributed by atoms with Crippen LogP contribution in [0.15, 0.2) is 40.7 Å². The normalized spacial score (nSPS) is 10.8. The Kier molecular flexibility index (Phi) is 6.13. The summed E-state index contributed by atoms with van der Waals surface area (Å²) in [6.07, 6.45) is 0.442. The van der Waals surface area contributed by atoms with Crippen molar-refractivity contribution in [3.8, 4) is 0 Å². The molecule has 0 spiro atoms. The zero-order valence-corrected chi connectivity index (χ0v) is 17.1. The maximum absolute atomic E-state index is 12.2. The lowest BCUT2D eigenvalue weighted by Crippen LogP contribution is -2.14. The first kappa shape index (κ1) is 19.4. The molecule has 0 fully saturated rings. The fourth-order valence-corrected chi connectivity index (χ4v) is 4.34. The van der Waals surface area contributed by atoms with E-state index in [1.165, 1.54) is 28.7 Å². The minimum absolute atomic E-state index is 0.0172. The van der Waals surface area contributed by atoms with Gasteiger partial charge in [-0.05, 0) is 55.3 Å². The van der Waals surface area contributed by atoms with Gasteiger partial charge in [0.05, 0.1) is 16.0 Å². The van der Waals surface area contributed by atoms with Gasteiger partial charge in [-0.25, -0.2) is 4.98 Å². The molecule has 0 aliphatic carbocycles. The summed E-state index contributed by atoms with van der Waals surface area (Å²) < 4.78 is 1.82. The molecule has 0 unspecified atom stereocenters. The van der Waals surface area contributed by atoms with Crippen molar-refractivity contribution in [3.63, 3.8) is 0 Å². The maximum atomic E-state index is 12.2. The average Bonchev–Trinajstić information content (AvgIpc) is 3.05. The molecule has 2 aromatic carbocycles. The first-order valence-corrected chi connectivity index (χ1v) is 10.4. The largest absolute Gasteiger partial charge is 0.326 e. The molecule has 140 valence electrons. The molecular formula is C20H21N3O2S2. The van der Waals surface area contributed by atoms with Crippen molar-refractivity contribution in [2.45, 2.75) is 31.5 Å². The van der Waals surface area contributed by atoms with Crippen molar-refractivity contribution in [3.05, 3.63) is 47.5 Å². The first-order chi connectivity index (χ1) is 12.9. The number of carbonyl (C=O) groups excluding carboxylic acids is 2. The Balaban J connectivity index is 1.61. The second-order valence-electron chi connectivity index (χ2n) is 6.20. The molecule has 0 saturated heterocycles. The van der Waals surface area contributed by atoms with E-state index >= 15 is 0 Å². The number of aromatic nitrogens is 1. The van der Waals surface area contributed by atoms with Crippen LogP contribution in [-0.4, -0.2) is 22.6 Å². The van der Waals surface area contributed by atoms with Crippen LogP contribution in [0.1, 0.15) is 24.5 Å². The van der Waals surface area contributed by atoms with Crippen LogP contribution in [0, 0.1) is 13.8 Å². The fourth-order valence-electron chi connectivity index (χ4n) is 2.44. The number of benzene rings is 2. The molecule has 0 aliphatic rings. The van der Waals surface area contributed by atoms with Crippen LogP contribution >= 0.6 is 23.1 Å². The SMILES string of the molecule is CCC(=O)Nc1ccc2nc(SCC(=O)Nc3ccc(C)c(C)c3)sc2c1. The van der Waals surface area contributed by atoms with E-state index in [-0.39, 0.29) is 11.8 Å². The number of hydrogen-bond donors (Lipinski definition) is 2. The second kappa shape index (κ2) is 8.54. The monoisotopic (exact) mass is 399 g/mol. The van der Waals surface area contributed by atoms with E-state index in [1.54, 1.807) is 0 Å². The molecule has 1 heterocycles. The molecule has 1 aromatic heterocycles. The molecule has 0 bridgehead atoms. The lowest BCUT2D eigenvalue weighted by atomic mass is 10.1. The van der Waals surface area contributed by atoms with Gasteiger partial charge in [0.2, 0.25) is 11.8 Å². The van der Waals surface area contributed by atoms with Gasteiger partial charge in [-0.1, -0.05) is 24.8 Å². The Bertz CT molecular complexity index is 998. The van der Waals surface area contributed by atoms with Gasteiger partial charge in [0, 0.05) is 17.8 Å². The van der Waals surface area contributed by atoms with Crippen LogP contribution in [0.4, 0.5) is 11.4 Å². The molecule has 0 aliphatic heterocycles. The predicted molar refractivity (Wildman–Crippen MR) is 114 cm³/mol. The van der Waals surface area contributed by atoms with Crippen molar-refractivity contribution in [2.24, 2.45) is 0 Å². The van der Waals surface area contributed by atoms with Gasteiger partial charge < -0.3 is 10.6 Å².